The minimum absolute atomic E-state index is 0.0840. The molecule has 1 saturated heterocycles. The lowest BCUT2D eigenvalue weighted by molar-refractivity contribution is 0.102. The van der Waals surface area contributed by atoms with Crippen LogP contribution in [0.3, 0.4) is 0 Å². The molecule has 0 bridgehead atoms. The van der Waals surface area contributed by atoms with Gasteiger partial charge in [0.05, 0.1) is 4.90 Å². The summed E-state index contributed by atoms with van der Waals surface area (Å²) in [6, 6.07) is 17.7. The molecule has 0 saturated carbocycles. The first kappa shape index (κ1) is 20.5. The van der Waals surface area contributed by atoms with E-state index < -0.39 is 10.0 Å². The van der Waals surface area contributed by atoms with Crippen molar-refractivity contribution >= 4 is 32.4 Å². The highest BCUT2D eigenvalue weighted by Gasteiger charge is 2.24. The number of fused-ring (bicyclic) bond motifs is 1. The molecule has 30 heavy (non-hydrogen) atoms. The molecule has 3 aromatic carbocycles. The number of nitrogens with one attached hydrogen (secondary N) is 3. The van der Waals surface area contributed by atoms with Crippen LogP contribution in [-0.4, -0.2) is 33.5 Å². The van der Waals surface area contributed by atoms with E-state index >= 15 is 0 Å². The molecule has 3 aromatic rings. The zero-order valence-corrected chi connectivity index (χ0v) is 17.6. The smallest absolute Gasteiger partial charge is 0.256 e. The van der Waals surface area contributed by atoms with Crippen molar-refractivity contribution in [3.8, 4) is 0 Å². The lowest BCUT2D eigenvalue weighted by Crippen LogP contribution is -2.42. The molecule has 1 fully saturated rings. The van der Waals surface area contributed by atoms with Gasteiger partial charge in [-0.3, -0.25) is 4.79 Å². The van der Waals surface area contributed by atoms with E-state index in [1.54, 1.807) is 24.3 Å². The molecule has 0 aromatic heterocycles. The molecule has 1 amide bonds. The third kappa shape index (κ3) is 4.38. The Kier molecular flexibility index (Phi) is 5.85. The third-order valence-corrected chi connectivity index (χ3v) is 6.93. The summed E-state index contributed by atoms with van der Waals surface area (Å²) in [4.78, 5) is 13.1. The summed E-state index contributed by atoms with van der Waals surface area (Å²) in [6.07, 6.45) is 1.52. The van der Waals surface area contributed by atoms with Gasteiger partial charge in [0.1, 0.15) is 0 Å². The Bertz CT molecular complexity index is 1190. The van der Waals surface area contributed by atoms with Crippen molar-refractivity contribution in [2.24, 2.45) is 0 Å². The minimum atomic E-state index is -3.70. The second-order valence-electron chi connectivity index (χ2n) is 7.63. The Morgan fingerprint density at radius 2 is 1.70 bits per heavy atom. The molecule has 6 nitrogen and oxygen atoms in total. The fourth-order valence-corrected chi connectivity index (χ4v) is 5.36. The summed E-state index contributed by atoms with van der Waals surface area (Å²) in [7, 11) is -3.70. The lowest BCUT2D eigenvalue weighted by Gasteiger charge is -2.24. The minimum Gasteiger partial charge on any atom is -0.322 e. The predicted molar refractivity (Wildman–Crippen MR) is 119 cm³/mol. The molecular formula is C23H25N3O3S. The number of hydrogen-bond donors (Lipinski definition) is 3. The summed E-state index contributed by atoms with van der Waals surface area (Å²) in [5.41, 5.74) is 2.18. The lowest BCUT2D eigenvalue weighted by atomic mass is 10.0. The number of amides is 1. The molecular weight excluding hydrogens is 398 g/mol. The highest BCUT2D eigenvalue weighted by molar-refractivity contribution is 7.89. The molecule has 0 spiro atoms. The molecule has 1 heterocycles. The van der Waals surface area contributed by atoms with Crippen molar-refractivity contribution in [2.75, 3.05) is 18.4 Å². The van der Waals surface area contributed by atoms with E-state index in [9.17, 15) is 13.2 Å². The van der Waals surface area contributed by atoms with E-state index in [0.717, 1.165) is 31.5 Å². The zero-order valence-electron chi connectivity index (χ0n) is 16.8. The number of anilines is 1. The van der Waals surface area contributed by atoms with Gasteiger partial charge in [-0.05, 0) is 68.1 Å². The number of hydrogen-bond acceptors (Lipinski definition) is 4. The number of carbonyl (C=O) groups is 1. The van der Waals surface area contributed by atoms with Crippen molar-refractivity contribution < 1.29 is 13.2 Å². The highest BCUT2D eigenvalue weighted by Crippen LogP contribution is 2.27. The Morgan fingerprint density at radius 3 is 2.43 bits per heavy atom. The Labute approximate surface area is 176 Å². The number of carbonyl (C=O) groups excluding carboxylic acids is 1. The standard InChI is InChI=1S/C23H25N3O3S/c1-16-5-4-6-18(15-16)25-23(27)21-9-10-22(20-8-3-2-7-19(20)21)30(28,29)26-17-11-13-24-14-12-17/h2-10,15,17,24,26H,11-14H2,1H3,(H,25,27). The monoisotopic (exact) mass is 423 g/mol. The van der Waals surface area contributed by atoms with E-state index in [4.69, 9.17) is 0 Å². The third-order valence-electron chi connectivity index (χ3n) is 5.36. The van der Waals surface area contributed by atoms with Gasteiger partial charge in [-0.15, -0.1) is 0 Å². The fourth-order valence-electron chi connectivity index (χ4n) is 3.85. The predicted octanol–water partition coefficient (Wildman–Crippen LogP) is 3.43. The molecule has 0 unspecified atom stereocenters. The van der Waals surface area contributed by atoms with Crippen LogP contribution in [0.15, 0.2) is 65.6 Å². The summed E-state index contributed by atoms with van der Waals surface area (Å²) in [5, 5.41) is 7.28. The highest BCUT2D eigenvalue weighted by atomic mass is 32.2. The number of aryl methyl sites for hydroxylation is 1. The second-order valence-corrected chi connectivity index (χ2v) is 9.31. The van der Waals surface area contributed by atoms with Gasteiger partial charge >= 0.3 is 0 Å². The zero-order chi connectivity index (χ0) is 21.1. The number of sulfonamides is 1. The number of rotatable bonds is 5. The van der Waals surface area contributed by atoms with Crippen molar-refractivity contribution in [3.05, 3.63) is 71.8 Å². The van der Waals surface area contributed by atoms with Crippen molar-refractivity contribution in [1.82, 2.24) is 10.0 Å². The van der Waals surface area contributed by atoms with Crippen LogP contribution in [0.2, 0.25) is 0 Å². The summed E-state index contributed by atoms with van der Waals surface area (Å²) in [6.45, 7) is 3.55. The van der Waals surface area contributed by atoms with E-state index in [1.807, 2.05) is 37.3 Å². The van der Waals surface area contributed by atoms with Crippen LogP contribution in [0.4, 0.5) is 5.69 Å². The quantitative estimate of drug-likeness (QED) is 0.587. The van der Waals surface area contributed by atoms with E-state index in [-0.39, 0.29) is 16.8 Å². The normalized spacial score (nSPS) is 15.2. The molecule has 156 valence electrons. The van der Waals surface area contributed by atoms with Crippen LogP contribution in [-0.2, 0) is 10.0 Å². The summed E-state index contributed by atoms with van der Waals surface area (Å²) in [5.74, 6) is -0.271. The van der Waals surface area contributed by atoms with Gasteiger partial charge in [-0.2, -0.15) is 0 Å². The Hall–Kier alpha value is -2.74. The maximum Gasteiger partial charge on any atom is 0.256 e. The van der Waals surface area contributed by atoms with Gasteiger partial charge in [0.2, 0.25) is 10.0 Å². The van der Waals surface area contributed by atoms with E-state index in [1.165, 1.54) is 6.07 Å². The van der Waals surface area contributed by atoms with E-state index in [2.05, 4.69) is 15.4 Å². The topological polar surface area (TPSA) is 87.3 Å². The van der Waals surface area contributed by atoms with Crippen molar-refractivity contribution in [2.45, 2.75) is 30.7 Å². The van der Waals surface area contributed by atoms with Crippen LogP contribution in [0.1, 0.15) is 28.8 Å². The largest absolute Gasteiger partial charge is 0.322 e. The van der Waals surface area contributed by atoms with Crippen LogP contribution in [0.5, 0.6) is 0 Å². The first-order valence-corrected chi connectivity index (χ1v) is 11.6. The summed E-state index contributed by atoms with van der Waals surface area (Å²) < 4.78 is 29.0. The van der Waals surface area contributed by atoms with Gasteiger partial charge in [0.15, 0.2) is 0 Å². The SMILES string of the molecule is Cc1cccc(NC(=O)c2ccc(S(=O)(=O)NC3CCNCC3)c3ccccc23)c1. The van der Waals surface area contributed by atoms with Crippen molar-refractivity contribution in [3.63, 3.8) is 0 Å². The molecule has 3 N–H and O–H groups in total. The van der Waals surface area contributed by atoms with Crippen LogP contribution < -0.4 is 15.4 Å². The maximum absolute atomic E-state index is 13.1. The summed E-state index contributed by atoms with van der Waals surface area (Å²) >= 11 is 0. The van der Waals surface area contributed by atoms with Crippen LogP contribution in [0.25, 0.3) is 10.8 Å². The molecule has 0 aliphatic carbocycles. The van der Waals surface area contributed by atoms with E-state index in [0.29, 0.717) is 22.0 Å². The molecule has 1 aliphatic heterocycles. The molecule has 7 heteroatoms. The van der Waals surface area contributed by atoms with Crippen LogP contribution in [0, 0.1) is 6.92 Å². The number of benzene rings is 3. The van der Waals surface area contributed by atoms with Gasteiger partial charge in [-0.25, -0.2) is 13.1 Å². The second kappa shape index (κ2) is 8.55. The van der Waals surface area contributed by atoms with Gasteiger partial charge in [-0.1, -0.05) is 36.4 Å². The first-order valence-electron chi connectivity index (χ1n) is 10.1. The Morgan fingerprint density at radius 1 is 0.967 bits per heavy atom. The first-order chi connectivity index (χ1) is 14.4. The van der Waals surface area contributed by atoms with Gasteiger partial charge in [0, 0.05) is 22.7 Å². The average molecular weight is 424 g/mol. The maximum atomic E-state index is 13.1. The molecule has 4 rings (SSSR count). The molecule has 1 aliphatic rings. The van der Waals surface area contributed by atoms with Crippen molar-refractivity contribution in [1.29, 1.82) is 0 Å². The average Bonchev–Trinajstić information content (AvgIpc) is 2.73. The van der Waals surface area contributed by atoms with Gasteiger partial charge < -0.3 is 10.6 Å². The van der Waals surface area contributed by atoms with Gasteiger partial charge in [0.25, 0.3) is 5.91 Å². The Balaban J connectivity index is 1.68. The molecule has 0 radical (unpaired) electrons. The molecule has 0 atom stereocenters. The van der Waals surface area contributed by atoms with Crippen LogP contribution >= 0.6 is 0 Å². The fraction of sp³-hybridized carbons (Fsp3) is 0.261. The number of piperidine rings is 1.